The first-order valence-corrected chi connectivity index (χ1v) is 6.71. The Balaban J connectivity index is 2.54. The van der Waals surface area contributed by atoms with Gasteiger partial charge < -0.3 is 0 Å². The minimum absolute atomic E-state index is 0.239. The summed E-state index contributed by atoms with van der Waals surface area (Å²) in [5, 5.41) is 0.713. The average molecular weight is 267 g/mol. The lowest BCUT2D eigenvalue weighted by Crippen LogP contribution is -1.98. The van der Waals surface area contributed by atoms with Crippen molar-refractivity contribution in [2.45, 2.75) is 24.3 Å². The fraction of sp³-hybridized carbons (Fsp3) is 0.455. The molecule has 1 rings (SSSR count). The fourth-order valence-electron chi connectivity index (χ4n) is 1.13. The second kappa shape index (κ2) is 6.62. The maximum absolute atomic E-state index is 13.1. The Morgan fingerprint density at radius 2 is 2.20 bits per heavy atom. The van der Waals surface area contributed by atoms with Gasteiger partial charge in [0.15, 0.2) is 0 Å². The number of rotatable bonds is 5. The van der Waals surface area contributed by atoms with E-state index in [9.17, 15) is 4.39 Å². The van der Waals surface area contributed by atoms with Crippen molar-refractivity contribution in [3.63, 3.8) is 0 Å². The summed E-state index contributed by atoms with van der Waals surface area (Å²) >= 11 is 13.2. The average Bonchev–Trinajstić information content (AvgIpc) is 2.21. The minimum atomic E-state index is -0.347. The highest BCUT2D eigenvalue weighted by molar-refractivity contribution is 7.99. The fourth-order valence-corrected chi connectivity index (χ4v) is 2.85. The smallest absolute Gasteiger partial charge is 0.142 e. The standard InChI is InChI=1S/C11H13Cl2FS/c1-8(5-6-12)15-7-9-3-2-4-10(14)11(9)13/h2-4,8H,5-7H2,1H3. The first kappa shape index (κ1) is 13.1. The van der Waals surface area contributed by atoms with Crippen molar-refractivity contribution in [3.8, 4) is 0 Å². The number of thioether (sulfide) groups is 1. The van der Waals surface area contributed by atoms with Crippen LogP contribution < -0.4 is 0 Å². The van der Waals surface area contributed by atoms with E-state index >= 15 is 0 Å². The molecule has 0 bridgehead atoms. The monoisotopic (exact) mass is 266 g/mol. The molecule has 1 atom stereocenters. The van der Waals surface area contributed by atoms with Gasteiger partial charge in [-0.1, -0.05) is 30.7 Å². The highest BCUT2D eigenvalue weighted by Gasteiger charge is 2.07. The molecule has 0 nitrogen and oxygen atoms in total. The van der Waals surface area contributed by atoms with Crippen molar-refractivity contribution in [2.24, 2.45) is 0 Å². The molecule has 0 aromatic heterocycles. The van der Waals surface area contributed by atoms with Gasteiger partial charge in [0.1, 0.15) is 5.82 Å². The molecule has 0 N–H and O–H groups in total. The largest absolute Gasteiger partial charge is 0.205 e. The zero-order valence-electron chi connectivity index (χ0n) is 8.47. The maximum atomic E-state index is 13.1. The van der Waals surface area contributed by atoms with Crippen LogP contribution in [0.15, 0.2) is 18.2 Å². The first-order chi connectivity index (χ1) is 7.15. The first-order valence-electron chi connectivity index (χ1n) is 4.75. The van der Waals surface area contributed by atoms with Gasteiger partial charge in [-0.2, -0.15) is 11.8 Å². The lowest BCUT2D eigenvalue weighted by Gasteiger charge is -2.10. The molecule has 84 valence electrons. The molecule has 15 heavy (non-hydrogen) atoms. The maximum Gasteiger partial charge on any atom is 0.142 e. The molecule has 0 aliphatic rings. The Morgan fingerprint density at radius 1 is 1.47 bits per heavy atom. The van der Waals surface area contributed by atoms with Crippen LogP contribution >= 0.6 is 35.0 Å². The van der Waals surface area contributed by atoms with E-state index in [1.54, 1.807) is 17.8 Å². The number of halogens is 3. The number of hydrogen-bond acceptors (Lipinski definition) is 1. The van der Waals surface area contributed by atoms with Crippen molar-refractivity contribution in [1.29, 1.82) is 0 Å². The highest BCUT2D eigenvalue weighted by atomic mass is 35.5. The zero-order chi connectivity index (χ0) is 11.3. The lowest BCUT2D eigenvalue weighted by molar-refractivity contribution is 0.627. The summed E-state index contributed by atoms with van der Waals surface area (Å²) in [6, 6.07) is 4.91. The van der Waals surface area contributed by atoms with Gasteiger partial charge in [0.25, 0.3) is 0 Å². The Bertz CT molecular complexity index is 317. The van der Waals surface area contributed by atoms with Crippen LogP contribution in [0.2, 0.25) is 5.02 Å². The summed E-state index contributed by atoms with van der Waals surface area (Å²) in [6.45, 7) is 2.11. The van der Waals surface area contributed by atoms with Crippen LogP contribution in [0.25, 0.3) is 0 Å². The normalized spacial score (nSPS) is 12.8. The molecule has 4 heteroatoms. The van der Waals surface area contributed by atoms with E-state index in [4.69, 9.17) is 23.2 Å². The van der Waals surface area contributed by atoms with Gasteiger partial charge in [-0.15, -0.1) is 11.6 Å². The van der Waals surface area contributed by atoms with Crippen LogP contribution in [0.3, 0.4) is 0 Å². The predicted molar refractivity (Wildman–Crippen MR) is 67.5 cm³/mol. The highest BCUT2D eigenvalue weighted by Crippen LogP contribution is 2.26. The van der Waals surface area contributed by atoms with Crippen LogP contribution in [-0.4, -0.2) is 11.1 Å². The van der Waals surface area contributed by atoms with Crippen LogP contribution in [0.1, 0.15) is 18.9 Å². The Kier molecular flexibility index (Phi) is 5.80. The van der Waals surface area contributed by atoms with E-state index in [1.807, 2.05) is 6.07 Å². The molecule has 1 aromatic carbocycles. The second-order valence-electron chi connectivity index (χ2n) is 3.31. The molecular weight excluding hydrogens is 254 g/mol. The molecule has 0 radical (unpaired) electrons. The molecule has 0 fully saturated rings. The molecule has 0 aliphatic carbocycles. The molecule has 0 saturated heterocycles. The van der Waals surface area contributed by atoms with Gasteiger partial charge in [0.2, 0.25) is 0 Å². The van der Waals surface area contributed by atoms with Gasteiger partial charge in [-0.25, -0.2) is 4.39 Å². The van der Waals surface area contributed by atoms with Crippen LogP contribution in [-0.2, 0) is 5.75 Å². The molecule has 0 aliphatic heterocycles. The Hall–Kier alpha value is 0.0800. The molecular formula is C11H13Cl2FS. The van der Waals surface area contributed by atoms with E-state index in [2.05, 4.69) is 6.92 Å². The van der Waals surface area contributed by atoms with E-state index in [0.29, 0.717) is 11.1 Å². The molecule has 1 aromatic rings. The van der Waals surface area contributed by atoms with Gasteiger partial charge in [-0.05, 0) is 18.1 Å². The van der Waals surface area contributed by atoms with Gasteiger partial charge in [-0.3, -0.25) is 0 Å². The van der Waals surface area contributed by atoms with Crippen molar-refractivity contribution < 1.29 is 4.39 Å². The van der Waals surface area contributed by atoms with Gasteiger partial charge >= 0.3 is 0 Å². The van der Waals surface area contributed by atoms with Crippen molar-refractivity contribution in [1.82, 2.24) is 0 Å². The van der Waals surface area contributed by atoms with Crippen molar-refractivity contribution in [2.75, 3.05) is 5.88 Å². The molecule has 0 amide bonds. The summed E-state index contributed by atoms with van der Waals surface area (Å²) in [5.41, 5.74) is 0.850. The molecule has 0 saturated carbocycles. The zero-order valence-corrected chi connectivity index (χ0v) is 10.8. The summed E-state index contributed by atoms with van der Waals surface area (Å²) in [4.78, 5) is 0. The third-order valence-electron chi connectivity index (χ3n) is 2.07. The van der Waals surface area contributed by atoms with Crippen LogP contribution in [0, 0.1) is 5.82 Å². The minimum Gasteiger partial charge on any atom is -0.205 e. The Morgan fingerprint density at radius 3 is 2.87 bits per heavy atom. The van der Waals surface area contributed by atoms with Crippen molar-refractivity contribution in [3.05, 3.63) is 34.6 Å². The van der Waals surface area contributed by atoms with E-state index in [1.165, 1.54) is 6.07 Å². The van der Waals surface area contributed by atoms with E-state index in [-0.39, 0.29) is 10.8 Å². The van der Waals surface area contributed by atoms with Crippen LogP contribution in [0.5, 0.6) is 0 Å². The predicted octanol–water partition coefficient (Wildman–Crippen LogP) is 4.73. The topological polar surface area (TPSA) is 0 Å². The number of benzene rings is 1. The summed E-state index contributed by atoms with van der Waals surface area (Å²) in [5.74, 6) is 1.04. The van der Waals surface area contributed by atoms with Crippen molar-refractivity contribution >= 4 is 35.0 Å². The van der Waals surface area contributed by atoms with Gasteiger partial charge in [0.05, 0.1) is 5.02 Å². The second-order valence-corrected chi connectivity index (χ2v) is 5.49. The number of hydrogen-bond donors (Lipinski definition) is 0. The SMILES string of the molecule is CC(CCCl)SCc1cccc(F)c1Cl. The lowest BCUT2D eigenvalue weighted by atomic mass is 10.2. The number of alkyl halides is 1. The van der Waals surface area contributed by atoms with E-state index in [0.717, 1.165) is 17.7 Å². The molecule has 0 spiro atoms. The Labute approximate surface area is 104 Å². The summed E-state index contributed by atoms with van der Waals surface area (Å²) in [7, 11) is 0. The third kappa shape index (κ3) is 4.21. The third-order valence-corrected chi connectivity index (χ3v) is 3.99. The summed E-state index contributed by atoms with van der Waals surface area (Å²) < 4.78 is 13.1. The van der Waals surface area contributed by atoms with E-state index < -0.39 is 0 Å². The van der Waals surface area contributed by atoms with Crippen LogP contribution in [0.4, 0.5) is 4.39 Å². The summed E-state index contributed by atoms with van der Waals surface area (Å²) in [6.07, 6.45) is 0.957. The molecule has 1 unspecified atom stereocenters. The van der Waals surface area contributed by atoms with Gasteiger partial charge in [0, 0.05) is 16.9 Å². The molecule has 0 heterocycles. The quantitative estimate of drug-likeness (QED) is 0.695.